The highest BCUT2D eigenvalue weighted by molar-refractivity contribution is 5.95. The van der Waals surface area contributed by atoms with Crippen molar-refractivity contribution in [3.63, 3.8) is 0 Å². The predicted molar refractivity (Wildman–Crippen MR) is 101 cm³/mol. The summed E-state index contributed by atoms with van der Waals surface area (Å²) in [6, 6.07) is 3.05. The van der Waals surface area contributed by atoms with Crippen LogP contribution in [0.15, 0.2) is 16.9 Å². The zero-order valence-electron chi connectivity index (χ0n) is 15.6. The predicted octanol–water partition coefficient (Wildman–Crippen LogP) is -0.472. The number of amides is 1. The minimum Gasteiger partial charge on any atom is -0.494 e. The molecular weight excluding hydrogens is 350 g/mol. The van der Waals surface area contributed by atoms with Gasteiger partial charge in [0.1, 0.15) is 23.7 Å². The van der Waals surface area contributed by atoms with Crippen LogP contribution in [0, 0.1) is 0 Å². The van der Waals surface area contributed by atoms with Gasteiger partial charge in [0.15, 0.2) is 0 Å². The van der Waals surface area contributed by atoms with E-state index in [0.29, 0.717) is 24.1 Å². The van der Waals surface area contributed by atoms with Crippen molar-refractivity contribution in [2.24, 2.45) is 7.05 Å². The van der Waals surface area contributed by atoms with Gasteiger partial charge >= 0.3 is 5.69 Å². The van der Waals surface area contributed by atoms with E-state index in [1.807, 2.05) is 12.1 Å². The Labute approximate surface area is 156 Å². The molecule has 1 aromatic carbocycles. The van der Waals surface area contributed by atoms with Crippen LogP contribution in [0.2, 0.25) is 0 Å². The Hall–Kier alpha value is -2.52. The monoisotopic (exact) mass is 375 g/mol. The number of hydrogen-bond acceptors (Lipinski definition) is 6. The number of aliphatic hydroxyl groups is 1. The molecule has 0 spiro atoms. The third kappa shape index (κ3) is 2.87. The van der Waals surface area contributed by atoms with E-state index in [9.17, 15) is 14.7 Å². The zero-order valence-corrected chi connectivity index (χ0v) is 15.6. The van der Waals surface area contributed by atoms with Crippen LogP contribution in [0.1, 0.15) is 18.9 Å². The second-order valence-electron chi connectivity index (χ2n) is 7.05. The maximum Gasteiger partial charge on any atom is 0.329 e. The number of anilines is 1. The second kappa shape index (κ2) is 6.90. The van der Waals surface area contributed by atoms with E-state index in [2.05, 4.69) is 15.5 Å². The lowest BCUT2D eigenvalue weighted by Crippen LogP contribution is -2.46. The average molecular weight is 375 g/mol. The first kappa shape index (κ1) is 17.9. The summed E-state index contributed by atoms with van der Waals surface area (Å²) in [6.07, 6.45) is -0.0166. The van der Waals surface area contributed by atoms with Crippen molar-refractivity contribution in [3.05, 3.63) is 22.6 Å². The van der Waals surface area contributed by atoms with Crippen LogP contribution < -0.4 is 26.0 Å². The Morgan fingerprint density at radius 1 is 1.19 bits per heavy atom. The molecule has 2 atom stereocenters. The number of ether oxygens (including phenoxy) is 1. The fourth-order valence-electron chi connectivity index (χ4n) is 4.12. The molecule has 9 heteroatoms. The smallest absolute Gasteiger partial charge is 0.329 e. The summed E-state index contributed by atoms with van der Waals surface area (Å²) < 4.78 is 8.73. The van der Waals surface area contributed by atoms with E-state index in [4.69, 9.17) is 4.74 Å². The number of methoxy groups -OCH3 is 1. The number of carbonyl (C=O) groups is 1. The Balaban J connectivity index is 1.91. The Morgan fingerprint density at radius 3 is 2.59 bits per heavy atom. The molecule has 2 fully saturated rings. The van der Waals surface area contributed by atoms with Crippen molar-refractivity contribution < 1.29 is 14.6 Å². The van der Waals surface area contributed by atoms with Crippen LogP contribution in [0.3, 0.4) is 0 Å². The van der Waals surface area contributed by atoms with Crippen LogP contribution in [-0.4, -0.2) is 59.7 Å². The SMILES string of the molecule is COc1ccc2c(c1N1CCNCC1)n(C)c(=O)n2C1CCC(O)NC1=O. The number of nitrogens with one attached hydrogen (secondary N) is 2. The zero-order chi connectivity index (χ0) is 19.1. The van der Waals surface area contributed by atoms with E-state index in [0.717, 1.165) is 37.4 Å². The van der Waals surface area contributed by atoms with E-state index in [1.54, 1.807) is 23.3 Å². The molecular formula is C18H25N5O4. The highest BCUT2D eigenvalue weighted by Gasteiger charge is 2.32. The largest absolute Gasteiger partial charge is 0.494 e. The van der Waals surface area contributed by atoms with Gasteiger partial charge in [0.25, 0.3) is 0 Å². The molecule has 2 aromatic rings. The van der Waals surface area contributed by atoms with E-state index >= 15 is 0 Å². The van der Waals surface area contributed by atoms with Crippen LogP contribution in [0.5, 0.6) is 5.75 Å². The lowest BCUT2D eigenvalue weighted by Gasteiger charge is -2.31. The third-order valence-corrected chi connectivity index (χ3v) is 5.47. The molecule has 1 amide bonds. The van der Waals surface area contributed by atoms with E-state index < -0.39 is 12.3 Å². The van der Waals surface area contributed by atoms with Gasteiger partial charge in [-0.15, -0.1) is 0 Å². The number of aliphatic hydroxyl groups excluding tert-OH is 1. The van der Waals surface area contributed by atoms with Crippen molar-refractivity contribution in [3.8, 4) is 5.75 Å². The number of carbonyl (C=O) groups excluding carboxylic acids is 1. The first-order valence-corrected chi connectivity index (χ1v) is 9.25. The van der Waals surface area contributed by atoms with Crippen molar-refractivity contribution in [1.29, 1.82) is 0 Å². The van der Waals surface area contributed by atoms with Gasteiger partial charge in [0.05, 0.1) is 18.1 Å². The molecule has 9 nitrogen and oxygen atoms in total. The normalized spacial score (nSPS) is 23.5. The Morgan fingerprint density at radius 2 is 1.93 bits per heavy atom. The summed E-state index contributed by atoms with van der Waals surface area (Å²) in [4.78, 5) is 27.7. The van der Waals surface area contributed by atoms with Gasteiger partial charge in [-0.25, -0.2) is 4.79 Å². The first-order valence-electron chi connectivity index (χ1n) is 9.25. The van der Waals surface area contributed by atoms with Crippen LogP contribution in [0.4, 0.5) is 5.69 Å². The number of aryl methyl sites for hydroxylation is 1. The minimum absolute atomic E-state index is 0.244. The maximum absolute atomic E-state index is 13.1. The van der Waals surface area contributed by atoms with Gasteiger partial charge < -0.3 is 25.4 Å². The molecule has 1 aromatic heterocycles. The Kier molecular flexibility index (Phi) is 4.56. The van der Waals surface area contributed by atoms with E-state index in [1.165, 1.54) is 0 Å². The summed E-state index contributed by atoms with van der Waals surface area (Å²) in [7, 11) is 3.35. The van der Waals surface area contributed by atoms with Crippen LogP contribution in [-0.2, 0) is 11.8 Å². The fourth-order valence-corrected chi connectivity index (χ4v) is 4.12. The lowest BCUT2D eigenvalue weighted by molar-refractivity contribution is -0.130. The molecule has 2 unspecified atom stereocenters. The molecule has 0 bridgehead atoms. The van der Waals surface area contributed by atoms with Gasteiger partial charge in [0, 0.05) is 33.2 Å². The van der Waals surface area contributed by atoms with Gasteiger partial charge in [-0.2, -0.15) is 0 Å². The fraction of sp³-hybridized carbons (Fsp3) is 0.556. The number of piperidine rings is 1. The molecule has 0 radical (unpaired) electrons. The molecule has 2 aliphatic heterocycles. The summed E-state index contributed by atoms with van der Waals surface area (Å²) >= 11 is 0. The topological polar surface area (TPSA) is 101 Å². The number of benzene rings is 1. The van der Waals surface area contributed by atoms with Gasteiger partial charge in [-0.05, 0) is 25.0 Å². The van der Waals surface area contributed by atoms with Gasteiger partial charge in [0.2, 0.25) is 5.91 Å². The molecule has 2 aliphatic rings. The number of hydrogen-bond donors (Lipinski definition) is 3. The molecule has 4 rings (SSSR count). The molecule has 146 valence electrons. The van der Waals surface area contributed by atoms with Gasteiger partial charge in [-0.3, -0.25) is 13.9 Å². The van der Waals surface area contributed by atoms with Crippen molar-refractivity contribution in [1.82, 2.24) is 19.8 Å². The molecule has 27 heavy (non-hydrogen) atoms. The van der Waals surface area contributed by atoms with E-state index in [-0.39, 0.29) is 11.6 Å². The van der Waals surface area contributed by atoms with Gasteiger partial charge in [-0.1, -0.05) is 0 Å². The maximum atomic E-state index is 13.1. The molecule has 3 N–H and O–H groups in total. The minimum atomic E-state index is -0.851. The number of fused-ring (bicyclic) bond motifs is 1. The quantitative estimate of drug-likeness (QED) is 0.671. The number of nitrogens with zero attached hydrogens (tertiary/aromatic N) is 3. The Bertz CT molecular complexity index is 928. The van der Waals surface area contributed by atoms with Crippen LogP contribution in [0.25, 0.3) is 11.0 Å². The number of imidazole rings is 1. The molecule has 2 saturated heterocycles. The summed E-state index contributed by atoms with van der Waals surface area (Å²) in [6.45, 7) is 3.34. The summed E-state index contributed by atoms with van der Waals surface area (Å²) in [5.41, 5.74) is 2.10. The van der Waals surface area contributed by atoms with Crippen LogP contribution >= 0.6 is 0 Å². The standard InChI is InChI=1S/C18H25N5O4/c1-21-15-11(23(18(21)26)12-4-6-14(24)20-17(12)25)3-5-13(27-2)16(15)22-9-7-19-8-10-22/h3,5,12,14,19,24H,4,6-10H2,1-2H3,(H,20,25). The summed E-state index contributed by atoms with van der Waals surface area (Å²) in [5, 5.41) is 15.5. The number of piperazine rings is 1. The summed E-state index contributed by atoms with van der Waals surface area (Å²) in [5.74, 6) is 0.378. The highest BCUT2D eigenvalue weighted by atomic mass is 16.5. The number of aromatic nitrogens is 2. The first-order chi connectivity index (χ1) is 13.0. The highest BCUT2D eigenvalue weighted by Crippen LogP contribution is 2.37. The third-order valence-electron chi connectivity index (χ3n) is 5.47. The van der Waals surface area contributed by atoms with Crippen molar-refractivity contribution >= 4 is 22.6 Å². The molecule has 0 saturated carbocycles. The molecule has 3 heterocycles. The van der Waals surface area contributed by atoms with Crippen molar-refractivity contribution in [2.75, 3.05) is 38.2 Å². The average Bonchev–Trinajstić information content (AvgIpc) is 2.93. The molecule has 0 aliphatic carbocycles. The lowest BCUT2D eigenvalue weighted by atomic mass is 10.0. The second-order valence-corrected chi connectivity index (χ2v) is 7.05. The number of rotatable bonds is 3. The van der Waals surface area contributed by atoms with Crippen molar-refractivity contribution in [2.45, 2.75) is 25.1 Å².